The Morgan fingerprint density at radius 1 is 1.41 bits per heavy atom. The molecule has 2 aromatic rings. The molecule has 0 aliphatic carbocycles. The molecular formula is C15H18BrN3O3. The molecule has 6 nitrogen and oxygen atoms in total. The highest BCUT2D eigenvalue weighted by Gasteiger charge is 2.13. The molecule has 1 aliphatic rings. The highest BCUT2D eigenvalue weighted by atomic mass is 79.9. The number of halogens is 1. The molecule has 0 fully saturated rings. The highest BCUT2D eigenvalue weighted by molar-refractivity contribution is 9.10. The van der Waals surface area contributed by atoms with Gasteiger partial charge >= 0.3 is 0 Å². The van der Waals surface area contributed by atoms with E-state index < -0.39 is 0 Å². The summed E-state index contributed by atoms with van der Waals surface area (Å²) in [4.78, 5) is 0. The highest BCUT2D eigenvalue weighted by Crippen LogP contribution is 2.34. The summed E-state index contributed by atoms with van der Waals surface area (Å²) in [6, 6.07) is 5.92. The van der Waals surface area contributed by atoms with Gasteiger partial charge in [-0.05, 0) is 35.0 Å². The first-order valence-electron chi connectivity index (χ1n) is 7.14. The Bertz CT molecular complexity index is 632. The molecule has 0 radical (unpaired) electrons. The molecule has 0 spiro atoms. The lowest BCUT2D eigenvalue weighted by molar-refractivity contribution is 0.173. The molecule has 1 aromatic heterocycles. The van der Waals surface area contributed by atoms with Crippen LogP contribution in [0.4, 0.5) is 0 Å². The lowest BCUT2D eigenvalue weighted by atomic mass is 10.3. The number of ether oxygens (including phenoxy) is 3. The fourth-order valence-electron chi connectivity index (χ4n) is 2.22. The van der Waals surface area contributed by atoms with Crippen molar-refractivity contribution in [3.63, 3.8) is 0 Å². The number of hydrogen-bond donors (Lipinski definition) is 1. The number of nitrogens with one attached hydrogen (secondary N) is 1. The minimum atomic E-state index is 0.279. The lowest BCUT2D eigenvalue weighted by Gasteiger charge is -2.14. The Balaban J connectivity index is 1.38. The van der Waals surface area contributed by atoms with Crippen molar-refractivity contribution in [1.29, 1.82) is 0 Å². The van der Waals surface area contributed by atoms with Gasteiger partial charge in [-0.2, -0.15) is 5.10 Å². The van der Waals surface area contributed by atoms with Crippen molar-refractivity contribution >= 4 is 15.9 Å². The molecule has 1 aromatic carbocycles. The van der Waals surface area contributed by atoms with Crippen LogP contribution in [0.1, 0.15) is 6.92 Å². The van der Waals surface area contributed by atoms with Gasteiger partial charge in [-0.15, -0.1) is 0 Å². The van der Waals surface area contributed by atoms with Gasteiger partial charge in [-0.1, -0.05) is 0 Å². The molecule has 0 bridgehead atoms. The molecule has 22 heavy (non-hydrogen) atoms. The van der Waals surface area contributed by atoms with Crippen LogP contribution in [0.15, 0.2) is 35.1 Å². The molecular weight excluding hydrogens is 350 g/mol. The number of aromatic nitrogens is 2. The first-order valence-corrected chi connectivity index (χ1v) is 7.94. The van der Waals surface area contributed by atoms with Crippen molar-refractivity contribution in [3.8, 4) is 17.2 Å². The molecule has 0 saturated heterocycles. The number of hydrogen-bond acceptors (Lipinski definition) is 5. The number of benzene rings is 1. The maximum atomic E-state index is 5.71. The minimum absolute atomic E-state index is 0.279. The molecule has 0 amide bonds. The Morgan fingerprint density at radius 3 is 3.09 bits per heavy atom. The van der Waals surface area contributed by atoms with Crippen molar-refractivity contribution in [3.05, 3.63) is 35.1 Å². The minimum Gasteiger partial charge on any atom is -0.492 e. The topological polar surface area (TPSA) is 57.5 Å². The zero-order chi connectivity index (χ0) is 15.4. The average molecular weight is 368 g/mol. The smallest absolute Gasteiger partial charge is 0.231 e. The second-order valence-electron chi connectivity index (χ2n) is 5.10. The predicted molar refractivity (Wildman–Crippen MR) is 85.5 cm³/mol. The molecule has 1 atom stereocenters. The molecule has 7 heteroatoms. The molecule has 1 unspecified atom stereocenters. The summed E-state index contributed by atoms with van der Waals surface area (Å²) in [7, 11) is 0. The monoisotopic (exact) mass is 367 g/mol. The van der Waals surface area contributed by atoms with Crippen molar-refractivity contribution in [1.82, 2.24) is 15.1 Å². The van der Waals surface area contributed by atoms with E-state index in [0.29, 0.717) is 12.6 Å². The van der Waals surface area contributed by atoms with Crippen LogP contribution in [0.5, 0.6) is 17.2 Å². The Hall–Kier alpha value is -1.73. The van der Waals surface area contributed by atoms with E-state index in [1.54, 1.807) is 6.20 Å². The molecule has 0 saturated carbocycles. The van der Waals surface area contributed by atoms with Gasteiger partial charge in [0.05, 0.1) is 17.2 Å². The number of fused-ring (bicyclic) bond motifs is 1. The van der Waals surface area contributed by atoms with E-state index in [9.17, 15) is 0 Å². The number of rotatable bonds is 7. The Morgan fingerprint density at radius 2 is 2.27 bits per heavy atom. The van der Waals surface area contributed by atoms with Crippen molar-refractivity contribution in [2.24, 2.45) is 0 Å². The van der Waals surface area contributed by atoms with Crippen LogP contribution in [0.2, 0.25) is 0 Å². The maximum absolute atomic E-state index is 5.71. The zero-order valence-corrected chi connectivity index (χ0v) is 13.9. The van der Waals surface area contributed by atoms with E-state index in [1.165, 1.54) is 0 Å². The zero-order valence-electron chi connectivity index (χ0n) is 12.3. The summed E-state index contributed by atoms with van der Waals surface area (Å²) < 4.78 is 19.2. The quantitative estimate of drug-likeness (QED) is 0.761. The van der Waals surface area contributed by atoms with E-state index in [1.807, 2.05) is 29.1 Å². The second kappa shape index (κ2) is 7.02. The first-order chi connectivity index (χ1) is 10.7. The van der Waals surface area contributed by atoms with Crippen molar-refractivity contribution in [2.45, 2.75) is 19.5 Å². The van der Waals surface area contributed by atoms with E-state index in [-0.39, 0.29) is 6.79 Å². The van der Waals surface area contributed by atoms with Gasteiger partial charge in [0, 0.05) is 24.8 Å². The van der Waals surface area contributed by atoms with Crippen LogP contribution >= 0.6 is 15.9 Å². The van der Waals surface area contributed by atoms with Gasteiger partial charge in [-0.3, -0.25) is 4.68 Å². The fraction of sp³-hybridized carbons (Fsp3) is 0.400. The third kappa shape index (κ3) is 3.92. The maximum Gasteiger partial charge on any atom is 0.231 e. The van der Waals surface area contributed by atoms with E-state index in [0.717, 1.165) is 34.8 Å². The van der Waals surface area contributed by atoms with Gasteiger partial charge in [-0.25, -0.2) is 0 Å². The molecule has 3 rings (SSSR count). The van der Waals surface area contributed by atoms with Gasteiger partial charge < -0.3 is 19.5 Å². The lowest BCUT2D eigenvalue weighted by Crippen LogP contribution is -2.33. The predicted octanol–water partition coefficient (Wildman–Crippen LogP) is 2.43. The number of nitrogens with zero attached hydrogens (tertiary/aromatic N) is 2. The third-order valence-corrected chi connectivity index (χ3v) is 3.68. The summed E-state index contributed by atoms with van der Waals surface area (Å²) in [5.41, 5.74) is 0. The Labute approximate surface area is 137 Å². The van der Waals surface area contributed by atoms with Crippen LogP contribution in [-0.4, -0.2) is 35.8 Å². The normalized spacial score (nSPS) is 14.1. The van der Waals surface area contributed by atoms with Crippen LogP contribution in [-0.2, 0) is 6.54 Å². The summed E-state index contributed by atoms with van der Waals surface area (Å²) in [5, 5.41) is 7.64. The average Bonchev–Trinajstić information content (AvgIpc) is 3.12. The van der Waals surface area contributed by atoms with Crippen LogP contribution < -0.4 is 19.5 Å². The first kappa shape index (κ1) is 15.2. The third-order valence-electron chi connectivity index (χ3n) is 3.27. The van der Waals surface area contributed by atoms with Gasteiger partial charge in [0.25, 0.3) is 0 Å². The molecule has 2 heterocycles. The van der Waals surface area contributed by atoms with Crippen LogP contribution in [0.3, 0.4) is 0 Å². The molecule has 1 N–H and O–H groups in total. The van der Waals surface area contributed by atoms with Gasteiger partial charge in [0.15, 0.2) is 11.5 Å². The van der Waals surface area contributed by atoms with Crippen molar-refractivity contribution < 1.29 is 14.2 Å². The standard InChI is InChI=1S/C15H18BrN3O3/c1-11(8-19-9-12(16)7-18-19)17-4-5-20-13-2-3-14-15(6-13)22-10-21-14/h2-3,6-7,9,11,17H,4-5,8,10H2,1H3. The summed E-state index contributed by atoms with van der Waals surface area (Å²) >= 11 is 3.39. The van der Waals surface area contributed by atoms with Crippen LogP contribution in [0, 0.1) is 0 Å². The summed E-state index contributed by atoms with van der Waals surface area (Å²) in [6.07, 6.45) is 3.75. The summed E-state index contributed by atoms with van der Waals surface area (Å²) in [5.74, 6) is 2.29. The summed E-state index contributed by atoms with van der Waals surface area (Å²) in [6.45, 7) is 4.57. The fourth-order valence-corrected chi connectivity index (χ4v) is 2.55. The van der Waals surface area contributed by atoms with E-state index in [2.05, 4.69) is 33.3 Å². The molecule has 118 valence electrons. The molecule has 1 aliphatic heterocycles. The van der Waals surface area contributed by atoms with Gasteiger partial charge in [0.1, 0.15) is 12.4 Å². The van der Waals surface area contributed by atoms with E-state index in [4.69, 9.17) is 14.2 Å². The largest absolute Gasteiger partial charge is 0.492 e. The second-order valence-corrected chi connectivity index (χ2v) is 6.01. The van der Waals surface area contributed by atoms with Crippen molar-refractivity contribution in [2.75, 3.05) is 19.9 Å². The van der Waals surface area contributed by atoms with Crippen LogP contribution in [0.25, 0.3) is 0 Å². The van der Waals surface area contributed by atoms with Gasteiger partial charge in [0.2, 0.25) is 6.79 Å². The Kier molecular flexibility index (Phi) is 4.84. The van der Waals surface area contributed by atoms with E-state index >= 15 is 0 Å². The SMILES string of the molecule is CC(Cn1cc(Br)cn1)NCCOc1ccc2c(c1)OCO2.